The Kier molecular flexibility index (Phi) is 4.72. The number of carbonyl (C=O) groups is 2. The quantitative estimate of drug-likeness (QED) is 0.815. The van der Waals surface area contributed by atoms with E-state index in [0.717, 1.165) is 12.8 Å². The molecule has 0 bridgehead atoms. The van der Waals surface area contributed by atoms with E-state index in [-0.39, 0.29) is 28.4 Å². The van der Waals surface area contributed by atoms with E-state index in [2.05, 4.69) is 4.98 Å². The van der Waals surface area contributed by atoms with Crippen molar-refractivity contribution >= 4 is 29.2 Å². The van der Waals surface area contributed by atoms with Crippen LogP contribution in [0.15, 0.2) is 36.5 Å². The minimum absolute atomic E-state index is 0.0442. The number of carbonyl (C=O) groups excluding carboxylic acids is 1. The summed E-state index contributed by atoms with van der Waals surface area (Å²) in [6, 6.07) is 6.67. The van der Waals surface area contributed by atoms with Crippen LogP contribution in [0.2, 0.25) is 5.15 Å². The van der Waals surface area contributed by atoms with E-state index in [9.17, 15) is 14.0 Å². The van der Waals surface area contributed by atoms with Gasteiger partial charge in [-0.1, -0.05) is 17.7 Å². The molecule has 0 radical (unpaired) electrons. The topological polar surface area (TPSA) is 70.5 Å². The lowest BCUT2D eigenvalue weighted by atomic mass is 10.1. The van der Waals surface area contributed by atoms with Crippen molar-refractivity contribution in [3.63, 3.8) is 0 Å². The third kappa shape index (κ3) is 3.49. The maximum Gasteiger partial charge on any atom is 0.338 e. The minimum atomic E-state index is -1.38. The molecule has 2 aromatic rings. The SMILES string of the molecule is CC(C1CC1)N(C(=O)c1ccnc(Cl)c1)c1cccc(C(=O)O)c1F. The molecule has 7 heteroatoms. The van der Waals surface area contributed by atoms with E-state index in [4.69, 9.17) is 16.7 Å². The van der Waals surface area contributed by atoms with Crippen LogP contribution in [-0.2, 0) is 0 Å². The van der Waals surface area contributed by atoms with Gasteiger partial charge in [-0.15, -0.1) is 0 Å². The molecule has 1 aromatic heterocycles. The van der Waals surface area contributed by atoms with Gasteiger partial charge in [0.1, 0.15) is 5.15 Å². The summed E-state index contributed by atoms with van der Waals surface area (Å²) in [5.41, 5.74) is -0.240. The van der Waals surface area contributed by atoms with Crippen LogP contribution in [0.1, 0.15) is 40.5 Å². The van der Waals surface area contributed by atoms with Gasteiger partial charge in [0.05, 0.1) is 11.3 Å². The normalized spacial score (nSPS) is 14.8. The first kappa shape index (κ1) is 17.4. The van der Waals surface area contributed by atoms with Gasteiger partial charge in [0.2, 0.25) is 0 Å². The summed E-state index contributed by atoms with van der Waals surface area (Å²) in [7, 11) is 0. The minimum Gasteiger partial charge on any atom is -0.478 e. The number of nitrogens with zero attached hydrogens (tertiary/aromatic N) is 2. The van der Waals surface area contributed by atoms with Gasteiger partial charge in [-0.05, 0) is 49.9 Å². The second-order valence-electron chi connectivity index (χ2n) is 6.06. The standard InChI is InChI=1S/C18H16ClFN2O3/c1-10(11-5-6-11)22(17(23)12-7-8-21-15(19)9-12)14-4-2-3-13(16(14)20)18(24)25/h2-4,7-11H,5-6H2,1H3,(H,24,25). The predicted molar refractivity (Wildman–Crippen MR) is 91.6 cm³/mol. The number of pyridine rings is 1. The smallest absolute Gasteiger partial charge is 0.338 e. The molecule has 25 heavy (non-hydrogen) atoms. The molecule has 1 unspecified atom stereocenters. The zero-order chi connectivity index (χ0) is 18.1. The van der Waals surface area contributed by atoms with Gasteiger partial charge in [-0.3, -0.25) is 4.79 Å². The number of hydrogen-bond acceptors (Lipinski definition) is 3. The molecule has 1 fully saturated rings. The van der Waals surface area contributed by atoms with Gasteiger partial charge < -0.3 is 10.0 Å². The number of carboxylic acids is 1. The highest BCUT2D eigenvalue weighted by Gasteiger charge is 2.37. The van der Waals surface area contributed by atoms with E-state index >= 15 is 0 Å². The fourth-order valence-electron chi connectivity index (χ4n) is 2.85. The Bertz CT molecular complexity index is 839. The molecule has 0 spiro atoms. The molecule has 5 nitrogen and oxygen atoms in total. The summed E-state index contributed by atoms with van der Waals surface area (Å²) in [5.74, 6) is -2.48. The number of aromatic carboxylic acids is 1. The number of rotatable bonds is 5. The Morgan fingerprint density at radius 3 is 2.68 bits per heavy atom. The molecule has 130 valence electrons. The molecule has 1 N–H and O–H groups in total. The van der Waals surface area contributed by atoms with E-state index < -0.39 is 23.3 Å². The van der Waals surface area contributed by atoms with E-state index in [1.54, 1.807) is 0 Å². The second kappa shape index (κ2) is 6.80. The monoisotopic (exact) mass is 362 g/mol. The van der Waals surface area contributed by atoms with E-state index in [0.29, 0.717) is 0 Å². The molecule has 0 saturated heterocycles. The Labute approximate surface area is 149 Å². The lowest BCUT2D eigenvalue weighted by Gasteiger charge is -2.30. The summed E-state index contributed by atoms with van der Waals surface area (Å²) >= 11 is 5.86. The molecule has 1 saturated carbocycles. The summed E-state index contributed by atoms with van der Waals surface area (Å²) in [4.78, 5) is 29.4. The van der Waals surface area contributed by atoms with Crippen LogP contribution in [0, 0.1) is 11.7 Å². The maximum atomic E-state index is 14.8. The van der Waals surface area contributed by atoms with Crippen LogP contribution in [-0.4, -0.2) is 28.0 Å². The number of carboxylic acid groups (broad SMARTS) is 1. The highest BCUT2D eigenvalue weighted by molar-refractivity contribution is 6.29. The lowest BCUT2D eigenvalue weighted by molar-refractivity contribution is 0.0691. The highest BCUT2D eigenvalue weighted by atomic mass is 35.5. The number of benzene rings is 1. The lowest BCUT2D eigenvalue weighted by Crippen LogP contribution is -2.41. The molecule has 1 aliphatic carbocycles. The van der Waals surface area contributed by atoms with Gasteiger partial charge in [-0.2, -0.15) is 0 Å². The van der Waals surface area contributed by atoms with Crippen molar-refractivity contribution in [2.75, 3.05) is 4.90 Å². The molecule has 0 aliphatic heterocycles. The van der Waals surface area contributed by atoms with Gasteiger partial charge in [0, 0.05) is 17.8 Å². The molecule has 1 amide bonds. The van der Waals surface area contributed by atoms with E-state index in [1.165, 1.54) is 41.4 Å². The fourth-order valence-corrected chi connectivity index (χ4v) is 3.02. The summed E-state index contributed by atoms with van der Waals surface area (Å²) in [5, 5.41) is 9.31. The van der Waals surface area contributed by atoms with Gasteiger partial charge >= 0.3 is 5.97 Å². The van der Waals surface area contributed by atoms with Crippen LogP contribution >= 0.6 is 11.6 Å². The Hall–Kier alpha value is -2.47. The number of hydrogen-bond donors (Lipinski definition) is 1. The zero-order valence-electron chi connectivity index (χ0n) is 13.4. The Morgan fingerprint density at radius 2 is 2.08 bits per heavy atom. The average molecular weight is 363 g/mol. The summed E-state index contributed by atoms with van der Waals surface area (Å²) in [6.07, 6.45) is 3.30. The van der Waals surface area contributed by atoms with Crippen LogP contribution in [0.3, 0.4) is 0 Å². The number of aromatic nitrogens is 1. The third-order valence-electron chi connectivity index (χ3n) is 4.37. The number of halogens is 2. The van der Waals surface area contributed by atoms with Crippen molar-refractivity contribution in [3.05, 3.63) is 58.6 Å². The first-order chi connectivity index (χ1) is 11.9. The Morgan fingerprint density at radius 1 is 1.36 bits per heavy atom. The average Bonchev–Trinajstić information content (AvgIpc) is 3.41. The van der Waals surface area contributed by atoms with Crippen molar-refractivity contribution in [3.8, 4) is 0 Å². The Balaban J connectivity index is 2.08. The van der Waals surface area contributed by atoms with Crippen molar-refractivity contribution < 1.29 is 19.1 Å². The van der Waals surface area contributed by atoms with Gasteiger partial charge in [-0.25, -0.2) is 14.2 Å². The van der Waals surface area contributed by atoms with Crippen molar-refractivity contribution in [2.24, 2.45) is 5.92 Å². The highest BCUT2D eigenvalue weighted by Crippen LogP contribution is 2.38. The number of amides is 1. The molecular formula is C18H16ClFN2O3. The fraction of sp³-hybridized carbons (Fsp3) is 0.278. The molecule has 3 rings (SSSR count). The third-order valence-corrected chi connectivity index (χ3v) is 4.58. The van der Waals surface area contributed by atoms with Gasteiger partial charge in [0.15, 0.2) is 5.82 Å². The van der Waals surface area contributed by atoms with Crippen molar-refractivity contribution in [1.29, 1.82) is 0 Å². The maximum absolute atomic E-state index is 14.8. The zero-order valence-corrected chi connectivity index (χ0v) is 14.2. The molecule has 1 aromatic carbocycles. The number of anilines is 1. The second-order valence-corrected chi connectivity index (χ2v) is 6.45. The van der Waals surface area contributed by atoms with Crippen LogP contribution in [0.4, 0.5) is 10.1 Å². The van der Waals surface area contributed by atoms with Gasteiger partial charge in [0.25, 0.3) is 5.91 Å². The molecule has 1 heterocycles. The van der Waals surface area contributed by atoms with Crippen LogP contribution in [0.5, 0.6) is 0 Å². The van der Waals surface area contributed by atoms with E-state index in [1.807, 2.05) is 6.92 Å². The molecular weight excluding hydrogens is 347 g/mol. The first-order valence-electron chi connectivity index (χ1n) is 7.87. The molecule has 1 aliphatic rings. The largest absolute Gasteiger partial charge is 0.478 e. The van der Waals surface area contributed by atoms with Crippen molar-refractivity contribution in [2.45, 2.75) is 25.8 Å². The summed E-state index contributed by atoms with van der Waals surface area (Å²) in [6.45, 7) is 1.84. The van der Waals surface area contributed by atoms with Crippen molar-refractivity contribution in [1.82, 2.24) is 4.98 Å². The summed E-state index contributed by atoms with van der Waals surface area (Å²) < 4.78 is 14.8. The predicted octanol–water partition coefficient (Wildman–Crippen LogP) is 4.02. The first-order valence-corrected chi connectivity index (χ1v) is 8.25. The van der Waals surface area contributed by atoms with Crippen LogP contribution < -0.4 is 4.90 Å². The molecule has 1 atom stereocenters. The van der Waals surface area contributed by atoms with Crippen LogP contribution in [0.25, 0.3) is 0 Å².